The Bertz CT molecular complexity index is 285. The largest absolute Gasteiger partial charge is 0.401 e. The van der Waals surface area contributed by atoms with Gasteiger partial charge in [0.2, 0.25) is 0 Å². The van der Waals surface area contributed by atoms with E-state index in [1.807, 2.05) is 4.90 Å². The average molecular weight is 250 g/mol. The van der Waals surface area contributed by atoms with E-state index in [1.165, 1.54) is 4.90 Å². The summed E-state index contributed by atoms with van der Waals surface area (Å²) in [4.78, 5) is 15.0. The fraction of sp³-hybridized carbons (Fsp3) is 0.909. The summed E-state index contributed by atoms with van der Waals surface area (Å²) in [5, 5.41) is 0. The van der Waals surface area contributed by atoms with Gasteiger partial charge in [-0.1, -0.05) is 0 Å². The molecule has 1 aliphatic carbocycles. The van der Waals surface area contributed by atoms with Crippen molar-refractivity contribution in [1.82, 2.24) is 9.80 Å². The lowest BCUT2D eigenvalue weighted by Gasteiger charge is -2.37. The van der Waals surface area contributed by atoms with E-state index in [0.29, 0.717) is 32.6 Å². The van der Waals surface area contributed by atoms with Crippen molar-refractivity contribution in [2.24, 2.45) is 0 Å². The summed E-state index contributed by atoms with van der Waals surface area (Å²) < 4.78 is 36.6. The summed E-state index contributed by atoms with van der Waals surface area (Å²) in [5.74, 6) is 0.259. The van der Waals surface area contributed by atoms with Crippen molar-refractivity contribution in [2.75, 3.05) is 32.7 Å². The van der Waals surface area contributed by atoms with Crippen molar-refractivity contribution in [1.29, 1.82) is 0 Å². The molecule has 6 heteroatoms. The van der Waals surface area contributed by atoms with Crippen LogP contribution in [-0.2, 0) is 4.79 Å². The average Bonchev–Trinajstić information content (AvgIpc) is 2.63. The van der Waals surface area contributed by atoms with Crippen molar-refractivity contribution in [3.05, 3.63) is 0 Å². The summed E-state index contributed by atoms with van der Waals surface area (Å²) >= 11 is 0. The second kappa shape index (κ2) is 4.94. The molecule has 3 nitrogen and oxygen atoms in total. The van der Waals surface area contributed by atoms with Gasteiger partial charge >= 0.3 is 6.18 Å². The molecular weight excluding hydrogens is 233 g/mol. The predicted octanol–water partition coefficient (Wildman–Crippen LogP) is 1.29. The quantitative estimate of drug-likeness (QED) is 0.738. The molecule has 1 saturated carbocycles. The fourth-order valence-corrected chi connectivity index (χ4v) is 2.67. The minimum atomic E-state index is -4.12. The zero-order valence-corrected chi connectivity index (χ0v) is 9.67. The third-order valence-corrected chi connectivity index (χ3v) is 3.52. The highest BCUT2D eigenvalue weighted by atomic mass is 19.4. The number of ketones is 1. The number of rotatable bonds is 2. The Morgan fingerprint density at radius 1 is 1.18 bits per heavy atom. The molecule has 17 heavy (non-hydrogen) atoms. The zero-order valence-electron chi connectivity index (χ0n) is 9.67. The van der Waals surface area contributed by atoms with Gasteiger partial charge in [0.05, 0.1) is 12.6 Å². The van der Waals surface area contributed by atoms with Crippen molar-refractivity contribution in [2.45, 2.75) is 31.5 Å². The fourth-order valence-electron chi connectivity index (χ4n) is 2.67. The summed E-state index contributed by atoms with van der Waals surface area (Å²) in [6.45, 7) is 1.13. The van der Waals surface area contributed by atoms with Gasteiger partial charge < -0.3 is 0 Å². The number of Topliss-reactive ketones (excluding diaryl/α,β-unsaturated/α-hetero) is 1. The van der Waals surface area contributed by atoms with Crippen LogP contribution in [0.2, 0.25) is 0 Å². The van der Waals surface area contributed by atoms with E-state index in [4.69, 9.17) is 0 Å². The predicted molar refractivity (Wildman–Crippen MR) is 56.7 cm³/mol. The van der Waals surface area contributed by atoms with Crippen LogP contribution in [0.5, 0.6) is 0 Å². The first-order valence-electron chi connectivity index (χ1n) is 6.01. The molecule has 0 radical (unpaired) electrons. The number of hydrogen-bond acceptors (Lipinski definition) is 3. The van der Waals surface area contributed by atoms with Crippen LogP contribution in [0.3, 0.4) is 0 Å². The lowest BCUT2D eigenvalue weighted by molar-refractivity contribution is -0.150. The molecule has 98 valence electrons. The molecule has 1 unspecified atom stereocenters. The molecule has 2 aliphatic rings. The van der Waals surface area contributed by atoms with Gasteiger partial charge in [-0.05, 0) is 12.8 Å². The van der Waals surface area contributed by atoms with Crippen LogP contribution in [-0.4, -0.2) is 60.5 Å². The molecule has 1 atom stereocenters. The molecule has 0 amide bonds. The number of nitrogens with zero attached hydrogens (tertiary/aromatic N) is 2. The maximum atomic E-state index is 12.2. The number of alkyl halides is 3. The van der Waals surface area contributed by atoms with Crippen LogP contribution in [0.25, 0.3) is 0 Å². The summed E-state index contributed by atoms with van der Waals surface area (Å²) in [7, 11) is 0. The van der Waals surface area contributed by atoms with Crippen molar-refractivity contribution in [3.63, 3.8) is 0 Å². The molecule has 2 fully saturated rings. The Morgan fingerprint density at radius 3 is 2.29 bits per heavy atom. The molecular formula is C11H17F3N2O. The maximum Gasteiger partial charge on any atom is 0.401 e. The lowest BCUT2D eigenvalue weighted by Crippen LogP contribution is -2.53. The summed E-state index contributed by atoms with van der Waals surface area (Å²) in [5.41, 5.74) is 0. The third-order valence-electron chi connectivity index (χ3n) is 3.52. The van der Waals surface area contributed by atoms with Crippen LogP contribution in [0.4, 0.5) is 13.2 Å². The Morgan fingerprint density at radius 2 is 1.82 bits per heavy atom. The Labute approximate surface area is 98.6 Å². The number of hydrogen-bond donors (Lipinski definition) is 0. The Balaban J connectivity index is 1.80. The van der Waals surface area contributed by atoms with Gasteiger partial charge in [0.1, 0.15) is 5.78 Å². The Kier molecular flexibility index (Phi) is 3.73. The van der Waals surface area contributed by atoms with Crippen molar-refractivity contribution in [3.8, 4) is 0 Å². The van der Waals surface area contributed by atoms with Crippen LogP contribution < -0.4 is 0 Å². The van der Waals surface area contributed by atoms with E-state index in [1.54, 1.807) is 0 Å². The number of piperazine rings is 1. The number of carbonyl (C=O) groups is 1. The molecule has 0 N–H and O–H groups in total. The first-order valence-corrected chi connectivity index (χ1v) is 6.01. The van der Waals surface area contributed by atoms with Crippen LogP contribution in [0, 0.1) is 0 Å². The highest BCUT2D eigenvalue weighted by Crippen LogP contribution is 2.23. The third kappa shape index (κ3) is 3.42. The smallest absolute Gasteiger partial charge is 0.298 e. The van der Waals surface area contributed by atoms with E-state index in [0.717, 1.165) is 12.8 Å². The lowest BCUT2D eigenvalue weighted by atomic mass is 10.1. The van der Waals surface area contributed by atoms with Gasteiger partial charge in [-0.3, -0.25) is 14.6 Å². The Hall–Kier alpha value is -0.620. The highest BCUT2D eigenvalue weighted by Gasteiger charge is 2.35. The molecule has 0 bridgehead atoms. The maximum absolute atomic E-state index is 12.2. The SMILES string of the molecule is O=C1CCCC1N1CCN(CC(F)(F)F)CC1. The molecule has 0 spiro atoms. The summed E-state index contributed by atoms with van der Waals surface area (Å²) in [6, 6.07) is -0.0250. The minimum absolute atomic E-state index is 0.0250. The van der Waals surface area contributed by atoms with Crippen LogP contribution in [0.15, 0.2) is 0 Å². The van der Waals surface area contributed by atoms with E-state index in [9.17, 15) is 18.0 Å². The van der Waals surface area contributed by atoms with Crippen LogP contribution in [0.1, 0.15) is 19.3 Å². The zero-order chi connectivity index (χ0) is 12.5. The minimum Gasteiger partial charge on any atom is -0.298 e. The molecule has 1 aliphatic heterocycles. The molecule has 1 heterocycles. The van der Waals surface area contributed by atoms with Gasteiger partial charge in [0.15, 0.2) is 0 Å². The van der Waals surface area contributed by atoms with Gasteiger partial charge in [0.25, 0.3) is 0 Å². The molecule has 0 aromatic heterocycles. The summed E-state index contributed by atoms with van der Waals surface area (Å²) in [6.07, 6.45) is -1.69. The van der Waals surface area contributed by atoms with E-state index < -0.39 is 12.7 Å². The molecule has 0 aromatic rings. The van der Waals surface area contributed by atoms with Crippen molar-refractivity contribution >= 4 is 5.78 Å². The van der Waals surface area contributed by atoms with Gasteiger partial charge in [-0.2, -0.15) is 13.2 Å². The topological polar surface area (TPSA) is 23.6 Å². The second-order valence-corrected chi connectivity index (χ2v) is 4.80. The molecule has 0 aromatic carbocycles. The molecule has 1 saturated heterocycles. The monoisotopic (exact) mass is 250 g/mol. The van der Waals surface area contributed by atoms with E-state index >= 15 is 0 Å². The second-order valence-electron chi connectivity index (χ2n) is 4.80. The van der Waals surface area contributed by atoms with Gasteiger partial charge in [0, 0.05) is 32.6 Å². The van der Waals surface area contributed by atoms with Crippen LogP contribution >= 0.6 is 0 Å². The van der Waals surface area contributed by atoms with Gasteiger partial charge in [-0.15, -0.1) is 0 Å². The standard InChI is InChI=1S/C11H17F3N2O/c12-11(13,14)8-15-4-6-16(7-5-15)9-2-1-3-10(9)17/h9H,1-8H2. The van der Waals surface area contributed by atoms with Crippen molar-refractivity contribution < 1.29 is 18.0 Å². The highest BCUT2D eigenvalue weighted by molar-refractivity contribution is 5.85. The number of halogens is 3. The normalized spacial score (nSPS) is 28.9. The van der Waals surface area contributed by atoms with Gasteiger partial charge in [-0.25, -0.2) is 0 Å². The molecule has 2 rings (SSSR count). The first-order chi connectivity index (χ1) is 7.96. The van der Waals surface area contributed by atoms with E-state index in [-0.39, 0.29) is 11.8 Å². The number of carbonyl (C=O) groups excluding carboxylic acids is 1. The first kappa shape index (κ1) is 12.8. The van der Waals surface area contributed by atoms with E-state index in [2.05, 4.69) is 0 Å².